The van der Waals surface area contributed by atoms with E-state index in [1.807, 2.05) is 31.2 Å². The van der Waals surface area contributed by atoms with Crippen LogP contribution in [0, 0.1) is 6.92 Å². The number of carboxylic acids is 1. The lowest BCUT2D eigenvalue weighted by atomic mass is 10.2. The molecule has 0 bridgehead atoms. The number of piperazine rings is 1. The third kappa shape index (κ3) is 4.30. The first-order valence-electron chi connectivity index (χ1n) is 8.44. The summed E-state index contributed by atoms with van der Waals surface area (Å²) in [4.78, 5) is 31.0. The molecule has 2 aromatic rings. The Morgan fingerprint density at radius 1 is 1.08 bits per heavy atom. The summed E-state index contributed by atoms with van der Waals surface area (Å²) in [5.41, 5.74) is 2.03. The molecule has 2 heterocycles. The van der Waals surface area contributed by atoms with Crippen molar-refractivity contribution < 1.29 is 19.4 Å². The van der Waals surface area contributed by atoms with E-state index >= 15 is 0 Å². The van der Waals surface area contributed by atoms with Crippen LogP contribution in [0.4, 0.5) is 5.69 Å². The molecule has 7 heteroatoms. The maximum atomic E-state index is 12.3. The Morgan fingerprint density at radius 2 is 1.77 bits per heavy atom. The van der Waals surface area contributed by atoms with E-state index < -0.39 is 5.97 Å². The minimum Gasteiger partial charge on any atom is -0.484 e. The van der Waals surface area contributed by atoms with Crippen LogP contribution in [0.3, 0.4) is 0 Å². The lowest BCUT2D eigenvalue weighted by molar-refractivity contribution is -0.133. The van der Waals surface area contributed by atoms with E-state index in [9.17, 15) is 9.59 Å². The fourth-order valence-electron chi connectivity index (χ4n) is 2.78. The summed E-state index contributed by atoms with van der Waals surface area (Å²) in [7, 11) is 0. The van der Waals surface area contributed by atoms with E-state index in [1.54, 1.807) is 17.2 Å². The molecule has 1 fully saturated rings. The molecule has 3 rings (SSSR count). The van der Waals surface area contributed by atoms with Gasteiger partial charge in [0.25, 0.3) is 5.91 Å². The van der Waals surface area contributed by atoms with E-state index in [4.69, 9.17) is 9.84 Å². The average molecular weight is 355 g/mol. The molecule has 136 valence electrons. The van der Waals surface area contributed by atoms with Gasteiger partial charge in [-0.1, -0.05) is 17.7 Å². The van der Waals surface area contributed by atoms with Gasteiger partial charge >= 0.3 is 5.97 Å². The number of benzene rings is 1. The van der Waals surface area contributed by atoms with Crippen LogP contribution in [-0.2, 0) is 4.79 Å². The van der Waals surface area contributed by atoms with Gasteiger partial charge in [-0.25, -0.2) is 9.78 Å². The topological polar surface area (TPSA) is 83.0 Å². The number of aromatic nitrogens is 1. The number of amides is 1. The van der Waals surface area contributed by atoms with Crippen LogP contribution in [0.15, 0.2) is 42.6 Å². The summed E-state index contributed by atoms with van der Waals surface area (Å²) in [5.74, 6) is -0.391. The molecule has 0 spiro atoms. The number of carboxylic acid groups (broad SMARTS) is 1. The van der Waals surface area contributed by atoms with Crippen molar-refractivity contribution in [2.24, 2.45) is 0 Å². The van der Waals surface area contributed by atoms with Crippen molar-refractivity contribution in [3.05, 3.63) is 53.9 Å². The number of carbonyl (C=O) groups excluding carboxylic acids is 1. The molecule has 1 amide bonds. The van der Waals surface area contributed by atoms with Gasteiger partial charge in [-0.05, 0) is 31.2 Å². The van der Waals surface area contributed by atoms with E-state index in [1.165, 1.54) is 6.07 Å². The highest BCUT2D eigenvalue weighted by Crippen LogP contribution is 2.16. The molecule has 26 heavy (non-hydrogen) atoms. The average Bonchev–Trinajstić information content (AvgIpc) is 2.67. The number of hydrogen-bond acceptors (Lipinski definition) is 5. The molecule has 0 atom stereocenters. The van der Waals surface area contributed by atoms with Crippen LogP contribution in [-0.4, -0.2) is 59.7 Å². The molecule has 0 radical (unpaired) electrons. The number of aromatic carboxylic acids is 1. The number of nitrogens with zero attached hydrogens (tertiary/aromatic N) is 3. The first-order valence-corrected chi connectivity index (χ1v) is 8.44. The molecule has 1 aromatic heterocycles. The molecule has 1 aromatic carbocycles. The predicted octanol–water partition coefficient (Wildman–Crippen LogP) is 1.82. The minimum atomic E-state index is -1.04. The van der Waals surface area contributed by atoms with Crippen molar-refractivity contribution in [1.82, 2.24) is 9.88 Å². The van der Waals surface area contributed by atoms with Crippen LogP contribution < -0.4 is 9.64 Å². The maximum absolute atomic E-state index is 12.3. The zero-order valence-corrected chi connectivity index (χ0v) is 14.6. The minimum absolute atomic E-state index is 0.0239. The van der Waals surface area contributed by atoms with Crippen molar-refractivity contribution in [3.63, 3.8) is 0 Å². The summed E-state index contributed by atoms with van der Waals surface area (Å²) in [5, 5.41) is 8.90. The Bertz CT molecular complexity index is 766. The SMILES string of the molecule is Cc1ccc(OCC(=O)N2CCN(c3ccc(C(=O)O)nc3)CC2)cc1. The van der Waals surface area contributed by atoms with Gasteiger partial charge in [0, 0.05) is 26.2 Å². The van der Waals surface area contributed by atoms with E-state index in [0.29, 0.717) is 31.9 Å². The second-order valence-electron chi connectivity index (χ2n) is 6.18. The van der Waals surface area contributed by atoms with Crippen LogP contribution >= 0.6 is 0 Å². The van der Waals surface area contributed by atoms with E-state index in [0.717, 1.165) is 11.3 Å². The Morgan fingerprint density at radius 3 is 2.35 bits per heavy atom. The van der Waals surface area contributed by atoms with Gasteiger partial charge in [0.1, 0.15) is 11.4 Å². The first-order chi connectivity index (χ1) is 12.5. The van der Waals surface area contributed by atoms with Gasteiger partial charge in [0.2, 0.25) is 0 Å². The molecule has 0 saturated carbocycles. The highest BCUT2D eigenvalue weighted by Gasteiger charge is 2.22. The highest BCUT2D eigenvalue weighted by molar-refractivity contribution is 5.85. The number of anilines is 1. The maximum Gasteiger partial charge on any atom is 0.354 e. The van der Waals surface area contributed by atoms with Gasteiger partial charge in [0.05, 0.1) is 11.9 Å². The van der Waals surface area contributed by atoms with Gasteiger partial charge in [-0.15, -0.1) is 0 Å². The molecular weight excluding hydrogens is 334 g/mol. The van der Waals surface area contributed by atoms with Crippen molar-refractivity contribution in [3.8, 4) is 5.75 Å². The number of ether oxygens (including phenoxy) is 1. The molecule has 1 N–H and O–H groups in total. The van der Waals surface area contributed by atoms with Crippen molar-refractivity contribution in [2.75, 3.05) is 37.7 Å². The predicted molar refractivity (Wildman–Crippen MR) is 96.7 cm³/mol. The molecule has 7 nitrogen and oxygen atoms in total. The highest BCUT2D eigenvalue weighted by atomic mass is 16.5. The van der Waals surface area contributed by atoms with Crippen LogP contribution in [0.2, 0.25) is 0 Å². The third-order valence-corrected chi connectivity index (χ3v) is 4.35. The number of aryl methyl sites for hydroxylation is 1. The fourth-order valence-corrected chi connectivity index (χ4v) is 2.78. The summed E-state index contributed by atoms with van der Waals surface area (Å²) in [6, 6.07) is 10.8. The quantitative estimate of drug-likeness (QED) is 0.881. The second kappa shape index (κ2) is 7.86. The van der Waals surface area contributed by atoms with Crippen LogP contribution in [0.25, 0.3) is 0 Å². The van der Waals surface area contributed by atoms with Crippen molar-refractivity contribution >= 4 is 17.6 Å². The van der Waals surface area contributed by atoms with Crippen LogP contribution in [0.1, 0.15) is 16.1 Å². The number of carbonyl (C=O) groups is 2. The Labute approximate surface area is 151 Å². The zero-order valence-electron chi connectivity index (χ0n) is 14.6. The number of pyridine rings is 1. The van der Waals surface area contributed by atoms with Gasteiger partial charge in [-0.2, -0.15) is 0 Å². The summed E-state index contributed by atoms with van der Waals surface area (Å²) in [6.45, 7) is 4.55. The Kier molecular flexibility index (Phi) is 5.36. The zero-order chi connectivity index (χ0) is 18.5. The molecule has 1 aliphatic rings. The second-order valence-corrected chi connectivity index (χ2v) is 6.18. The van der Waals surface area contributed by atoms with Gasteiger partial charge in [-0.3, -0.25) is 4.79 Å². The lowest BCUT2D eigenvalue weighted by Gasteiger charge is -2.35. The van der Waals surface area contributed by atoms with Crippen molar-refractivity contribution in [2.45, 2.75) is 6.92 Å². The molecule has 1 saturated heterocycles. The number of hydrogen-bond donors (Lipinski definition) is 1. The standard InChI is InChI=1S/C19H21N3O4/c1-14-2-5-16(6-3-14)26-13-18(23)22-10-8-21(9-11-22)15-4-7-17(19(24)25)20-12-15/h2-7,12H,8-11,13H2,1H3,(H,24,25). The Balaban J connectivity index is 1.48. The Hall–Kier alpha value is -3.09. The normalized spacial score (nSPS) is 14.2. The molecule has 0 aliphatic carbocycles. The van der Waals surface area contributed by atoms with E-state index in [2.05, 4.69) is 9.88 Å². The third-order valence-electron chi connectivity index (χ3n) is 4.35. The first kappa shape index (κ1) is 17.7. The van der Waals surface area contributed by atoms with Crippen LogP contribution in [0.5, 0.6) is 5.75 Å². The number of rotatable bonds is 5. The van der Waals surface area contributed by atoms with Crippen molar-refractivity contribution in [1.29, 1.82) is 0 Å². The largest absolute Gasteiger partial charge is 0.484 e. The summed E-state index contributed by atoms with van der Waals surface area (Å²) in [6.07, 6.45) is 1.56. The smallest absolute Gasteiger partial charge is 0.354 e. The van der Waals surface area contributed by atoms with E-state index in [-0.39, 0.29) is 18.2 Å². The molecule has 0 unspecified atom stereocenters. The lowest BCUT2D eigenvalue weighted by Crippen LogP contribution is -2.50. The summed E-state index contributed by atoms with van der Waals surface area (Å²) < 4.78 is 5.55. The molecular formula is C19H21N3O4. The summed E-state index contributed by atoms with van der Waals surface area (Å²) >= 11 is 0. The van der Waals surface area contributed by atoms with Gasteiger partial charge < -0.3 is 19.6 Å². The fraction of sp³-hybridized carbons (Fsp3) is 0.316. The van der Waals surface area contributed by atoms with Gasteiger partial charge in [0.15, 0.2) is 6.61 Å². The monoisotopic (exact) mass is 355 g/mol. The molecule has 1 aliphatic heterocycles.